The van der Waals surface area contributed by atoms with Crippen LogP contribution in [0.1, 0.15) is 15.9 Å². The molecule has 1 heterocycles. The predicted octanol–water partition coefficient (Wildman–Crippen LogP) is 4.74. The molecule has 0 saturated carbocycles. The van der Waals surface area contributed by atoms with E-state index in [9.17, 15) is 4.79 Å². The van der Waals surface area contributed by atoms with E-state index < -0.39 is 5.97 Å². The Hall–Kier alpha value is -2.87. The van der Waals surface area contributed by atoms with Gasteiger partial charge in [-0.25, -0.2) is 9.78 Å². The van der Waals surface area contributed by atoms with Crippen LogP contribution in [0.15, 0.2) is 60.8 Å². The molecule has 148 valence electrons. The minimum absolute atomic E-state index is 0.0000537. The summed E-state index contributed by atoms with van der Waals surface area (Å²) >= 11 is 17.3. The van der Waals surface area contributed by atoms with Gasteiger partial charge in [-0.05, 0) is 47.1 Å². The van der Waals surface area contributed by atoms with E-state index in [1.54, 1.807) is 0 Å². The van der Waals surface area contributed by atoms with E-state index >= 15 is 0 Å². The molecule has 3 aromatic rings. The van der Waals surface area contributed by atoms with Crippen molar-refractivity contribution in [2.45, 2.75) is 6.54 Å². The van der Waals surface area contributed by atoms with E-state index in [1.807, 2.05) is 48.5 Å². The number of hydrazine groups is 1. The highest BCUT2D eigenvalue weighted by Crippen LogP contribution is 2.25. The van der Waals surface area contributed by atoms with Crippen molar-refractivity contribution in [3.8, 4) is 11.1 Å². The summed E-state index contributed by atoms with van der Waals surface area (Å²) in [7, 11) is 0. The average Bonchev–Trinajstić information content (AvgIpc) is 2.72. The van der Waals surface area contributed by atoms with Gasteiger partial charge in [0.2, 0.25) is 0 Å². The molecule has 0 aliphatic carbocycles. The summed E-state index contributed by atoms with van der Waals surface area (Å²) in [5.41, 5.74) is 8.73. The molecule has 0 saturated heterocycles. The van der Waals surface area contributed by atoms with Gasteiger partial charge in [0.15, 0.2) is 10.9 Å². The monoisotopic (exact) mass is 446 g/mol. The Morgan fingerprint density at radius 2 is 1.83 bits per heavy atom. The fourth-order valence-corrected chi connectivity index (χ4v) is 3.03. The van der Waals surface area contributed by atoms with Crippen LogP contribution in [0.25, 0.3) is 11.1 Å². The first-order valence-corrected chi connectivity index (χ1v) is 9.63. The summed E-state index contributed by atoms with van der Waals surface area (Å²) in [6.45, 7) is 0.491. The molecule has 0 amide bonds. The number of carboxylic acids is 1. The highest BCUT2D eigenvalue weighted by atomic mass is 35.5. The van der Waals surface area contributed by atoms with Gasteiger partial charge in [-0.2, -0.15) is 0 Å². The van der Waals surface area contributed by atoms with Gasteiger partial charge in [-0.15, -0.1) is 0 Å². The third-order valence-electron chi connectivity index (χ3n) is 3.99. The van der Waals surface area contributed by atoms with Gasteiger partial charge < -0.3 is 10.4 Å². The van der Waals surface area contributed by atoms with E-state index in [2.05, 4.69) is 21.2 Å². The van der Waals surface area contributed by atoms with E-state index in [0.29, 0.717) is 16.7 Å². The molecule has 0 aliphatic rings. The van der Waals surface area contributed by atoms with Crippen molar-refractivity contribution >= 4 is 52.3 Å². The first-order valence-electron chi connectivity index (χ1n) is 8.46. The average molecular weight is 447 g/mol. The highest BCUT2D eigenvalue weighted by Gasteiger charge is 2.09. The standard InChI is InChI=1S/C20H16Cl2N4O2S/c21-15-7-5-12(6-8-15)16-4-2-1-3-13(16)10-24-20(29)26-25-18-17(22)9-14(11-23-18)19(27)28/h1-9,11H,10H2,(H,23,25)(H,27,28)(H2,24,26,29). The minimum atomic E-state index is -1.10. The Balaban J connectivity index is 1.60. The Morgan fingerprint density at radius 3 is 2.52 bits per heavy atom. The molecule has 0 atom stereocenters. The number of rotatable bonds is 6. The van der Waals surface area contributed by atoms with Crippen molar-refractivity contribution in [3.05, 3.63) is 82.0 Å². The quantitative estimate of drug-likeness (QED) is 0.321. The number of benzene rings is 2. The van der Waals surface area contributed by atoms with Gasteiger partial charge in [-0.1, -0.05) is 59.6 Å². The Kier molecular flexibility index (Phi) is 6.87. The van der Waals surface area contributed by atoms with Crippen molar-refractivity contribution in [3.63, 3.8) is 0 Å². The largest absolute Gasteiger partial charge is 0.478 e. The smallest absolute Gasteiger partial charge is 0.337 e. The summed E-state index contributed by atoms with van der Waals surface area (Å²) in [5.74, 6) is -0.835. The lowest BCUT2D eigenvalue weighted by Gasteiger charge is -2.15. The summed E-state index contributed by atoms with van der Waals surface area (Å²) in [6, 6.07) is 16.9. The number of carboxylic acid groups (broad SMARTS) is 1. The molecule has 4 N–H and O–H groups in total. The zero-order valence-corrected chi connectivity index (χ0v) is 17.3. The van der Waals surface area contributed by atoms with Crippen LogP contribution in [0.5, 0.6) is 0 Å². The molecule has 3 rings (SSSR count). The number of hydrogen-bond donors (Lipinski definition) is 4. The van der Waals surface area contributed by atoms with Crippen molar-refractivity contribution in [2.24, 2.45) is 0 Å². The zero-order valence-electron chi connectivity index (χ0n) is 14.9. The molecule has 0 spiro atoms. The third kappa shape index (κ3) is 5.57. The van der Waals surface area contributed by atoms with Crippen molar-refractivity contribution in [1.82, 2.24) is 15.7 Å². The molecule has 0 radical (unpaired) electrons. The molecule has 0 aliphatic heterocycles. The Bertz CT molecular complexity index is 1040. The van der Waals surface area contributed by atoms with Crippen LogP contribution in [0, 0.1) is 0 Å². The van der Waals surface area contributed by atoms with E-state index in [1.165, 1.54) is 12.3 Å². The number of aromatic carboxylic acids is 1. The van der Waals surface area contributed by atoms with E-state index in [4.69, 9.17) is 40.5 Å². The van der Waals surface area contributed by atoms with Crippen LogP contribution in [-0.2, 0) is 6.54 Å². The Labute approximate surface area is 182 Å². The molecule has 6 nitrogen and oxygen atoms in total. The minimum Gasteiger partial charge on any atom is -0.478 e. The van der Waals surface area contributed by atoms with Crippen LogP contribution >= 0.6 is 35.4 Å². The summed E-state index contributed by atoms with van der Waals surface area (Å²) in [6.07, 6.45) is 1.21. The van der Waals surface area contributed by atoms with E-state index in [0.717, 1.165) is 16.7 Å². The summed E-state index contributed by atoms with van der Waals surface area (Å²) < 4.78 is 0. The van der Waals surface area contributed by atoms with Crippen LogP contribution in [0.3, 0.4) is 0 Å². The van der Waals surface area contributed by atoms with Crippen LogP contribution in [0.4, 0.5) is 5.82 Å². The SMILES string of the molecule is O=C(O)c1cnc(NNC(=S)NCc2ccccc2-c2ccc(Cl)cc2)c(Cl)c1. The van der Waals surface area contributed by atoms with Gasteiger partial charge in [-0.3, -0.25) is 10.9 Å². The molecular formula is C20H16Cl2N4O2S. The second kappa shape index (κ2) is 9.56. The normalized spacial score (nSPS) is 10.3. The number of aromatic nitrogens is 1. The van der Waals surface area contributed by atoms with Crippen LogP contribution < -0.4 is 16.2 Å². The number of nitrogens with one attached hydrogen (secondary N) is 3. The number of carbonyl (C=O) groups is 1. The number of nitrogens with zero attached hydrogens (tertiary/aromatic N) is 1. The van der Waals surface area contributed by atoms with Gasteiger partial charge in [0.05, 0.1) is 10.6 Å². The lowest BCUT2D eigenvalue weighted by molar-refractivity contribution is 0.0696. The number of thiocarbonyl (C=S) groups is 1. The van der Waals surface area contributed by atoms with Crippen LogP contribution in [0.2, 0.25) is 10.0 Å². The van der Waals surface area contributed by atoms with Crippen molar-refractivity contribution < 1.29 is 9.90 Å². The first-order chi connectivity index (χ1) is 13.9. The van der Waals surface area contributed by atoms with Gasteiger partial charge in [0, 0.05) is 17.8 Å². The predicted molar refractivity (Wildman–Crippen MR) is 119 cm³/mol. The summed E-state index contributed by atoms with van der Waals surface area (Å²) in [5, 5.41) is 13.2. The second-order valence-corrected chi connectivity index (χ2v) is 7.21. The van der Waals surface area contributed by atoms with Gasteiger partial charge >= 0.3 is 5.97 Å². The zero-order chi connectivity index (χ0) is 20.8. The fourth-order valence-electron chi connectivity index (χ4n) is 2.57. The molecule has 0 bridgehead atoms. The third-order valence-corrected chi connectivity index (χ3v) is 4.78. The number of anilines is 1. The van der Waals surface area contributed by atoms with Gasteiger partial charge in [0.25, 0.3) is 0 Å². The Morgan fingerprint density at radius 1 is 1.10 bits per heavy atom. The maximum absolute atomic E-state index is 10.9. The molecule has 0 fully saturated rings. The molecule has 1 aromatic heterocycles. The number of pyridine rings is 1. The van der Waals surface area contributed by atoms with Gasteiger partial charge in [0.1, 0.15) is 0 Å². The lowest BCUT2D eigenvalue weighted by Crippen LogP contribution is -2.38. The lowest BCUT2D eigenvalue weighted by atomic mass is 10.00. The molecule has 29 heavy (non-hydrogen) atoms. The van der Waals surface area contributed by atoms with Crippen LogP contribution in [-0.4, -0.2) is 21.2 Å². The second-order valence-electron chi connectivity index (χ2n) is 5.96. The molecular weight excluding hydrogens is 431 g/mol. The molecule has 0 unspecified atom stereocenters. The number of hydrogen-bond acceptors (Lipinski definition) is 4. The maximum Gasteiger partial charge on any atom is 0.337 e. The molecule has 2 aromatic carbocycles. The number of halogens is 2. The molecule has 9 heteroatoms. The summed E-state index contributed by atoms with van der Waals surface area (Å²) in [4.78, 5) is 14.9. The first kappa shape index (κ1) is 20.9. The highest BCUT2D eigenvalue weighted by molar-refractivity contribution is 7.80. The maximum atomic E-state index is 10.9. The van der Waals surface area contributed by atoms with Crippen molar-refractivity contribution in [1.29, 1.82) is 0 Å². The van der Waals surface area contributed by atoms with Crippen molar-refractivity contribution in [2.75, 3.05) is 5.43 Å². The fraction of sp³-hybridized carbons (Fsp3) is 0.0500. The van der Waals surface area contributed by atoms with E-state index in [-0.39, 0.29) is 16.4 Å². The topological polar surface area (TPSA) is 86.3 Å².